The predicted molar refractivity (Wildman–Crippen MR) is 325 cm³/mol. The number of aromatic carboxylic acids is 1. The van der Waals surface area contributed by atoms with Crippen LogP contribution in [0.4, 0.5) is 0 Å². The Bertz CT molecular complexity index is 3280. The SMILES string of the molecule is CC(C)c1onc(-c2c(Cl)cccc2Cl)c1C(=O)O.COC(=O)CC(=O)C(C)C.COC(=O)c1c(-c2c(Cl)cccc2Cl)noc1C(C)C.O/N=C(\Cl)c1c(Cl)cccc1Cl.O/N=C/c1c(Cl)cccc1Cl.O=Cc1c(Cl)cccc1Cl. The lowest BCUT2D eigenvalue weighted by molar-refractivity contribution is -0.144. The van der Waals surface area contributed by atoms with Crippen molar-refractivity contribution in [2.45, 2.75) is 59.8 Å². The Balaban J connectivity index is 0.000000345. The van der Waals surface area contributed by atoms with Crippen LogP contribution in [0.3, 0.4) is 0 Å². The average Bonchev–Trinajstić information content (AvgIpc) is 4.07. The molecule has 0 radical (unpaired) electrons. The highest BCUT2D eigenvalue weighted by molar-refractivity contribution is 6.71. The van der Waals surface area contributed by atoms with Crippen molar-refractivity contribution < 1.29 is 58.0 Å². The van der Waals surface area contributed by atoms with Crippen LogP contribution in [0.15, 0.2) is 110 Å². The molecule has 0 aliphatic carbocycles. The molecule has 0 aliphatic rings. The van der Waals surface area contributed by atoms with Gasteiger partial charge in [-0.2, -0.15) is 0 Å². The Kier molecular flexibility index (Phi) is 32.0. The van der Waals surface area contributed by atoms with E-state index in [0.717, 1.165) is 0 Å². The summed E-state index contributed by atoms with van der Waals surface area (Å²) >= 11 is 64.1. The molecule has 0 spiro atoms. The van der Waals surface area contributed by atoms with E-state index in [-0.39, 0.29) is 51.9 Å². The molecule has 0 amide bonds. The second-order valence-corrected chi connectivity index (χ2v) is 21.3. The first-order valence-electron chi connectivity index (χ1n) is 23.3. The molecule has 0 fully saturated rings. The number of halogens is 11. The number of benzene rings is 5. The first kappa shape index (κ1) is 72.5. The molecule has 82 heavy (non-hydrogen) atoms. The van der Waals surface area contributed by atoms with Crippen LogP contribution in [0.25, 0.3) is 22.5 Å². The molecular weight excluding hydrogens is 1300 g/mol. The van der Waals surface area contributed by atoms with Crippen molar-refractivity contribution in [3.8, 4) is 22.5 Å². The van der Waals surface area contributed by atoms with Crippen molar-refractivity contribution >= 4 is 169 Å². The Morgan fingerprint density at radius 2 is 0.902 bits per heavy atom. The van der Waals surface area contributed by atoms with Crippen LogP contribution in [-0.2, 0) is 19.1 Å². The summed E-state index contributed by atoms with van der Waals surface area (Å²) in [5, 5.41) is 43.1. The van der Waals surface area contributed by atoms with Crippen LogP contribution in [0, 0.1) is 5.92 Å². The number of methoxy groups -OCH3 is 2. The van der Waals surface area contributed by atoms with E-state index >= 15 is 0 Å². The fourth-order valence-electron chi connectivity index (χ4n) is 6.17. The molecule has 27 heteroatoms. The van der Waals surface area contributed by atoms with Gasteiger partial charge < -0.3 is 34.0 Å². The van der Waals surface area contributed by atoms with Crippen molar-refractivity contribution in [1.82, 2.24) is 10.3 Å². The molecule has 3 N–H and O–H groups in total. The molecule has 16 nitrogen and oxygen atoms in total. The summed E-state index contributed by atoms with van der Waals surface area (Å²) in [5.74, 6) is -1.64. The minimum Gasteiger partial charge on any atom is -0.477 e. The molecule has 0 saturated carbocycles. The van der Waals surface area contributed by atoms with Crippen molar-refractivity contribution in [1.29, 1.82) is 0 Å². The molecule has 7 rings (SSSR count). The summed E-state index contributed by atoms with van der Waals surface area (Å²) in [5.41, 5.74) is 2.78. The molecule has 2 heterocycles. The topological polar surface area (TPSA) is 241 Å². The van der Waals surface area contributed by atoms with Crippen LogP contribution in [0.2, 0.25) is 50.2 Å². The summed E-state index contributed by atoms with van der Waals surface area (Å²) in [7, 11) is 2.58. The number of aromatic nitrogens is 2. The van der Waals surface area contributed by atoms with Crippen molar-refractivity contribution in [2.24, 2.45) is 16.2 Å². The highest BCUT2D eigenvalue weighted by Gasteiger charge is 2.30. The molecule has 7 aromatic rings. The van der Waals surface area contributed by atoms with Gasteiger partial charge in [-0.15, -0.1) is 0 Å². The zero-order chi connectivity index (χ0) is 62.1. The van der Waals surface area contributed by atoms with Crippen molar-refractivity contribution in [3.05, 3.63) is 181 Å². The Hall–Kier alpha value is -5.60. The maximum Gasteiger partial charge on any atom is 0.343 e. The molecule has 0 aliphatic heterocycles. The summed E-state index contributed by atoms with van der Waals surface area (Å²) in [6, 6.07) is 24.9. The third-order valence-electron chi connectivity index (χ3n) is 10.2. The molecule has 0 bridgehead atoms. The standard InChI is InChI=1S/C14H13Cl2NO3.C13H11Cl2NO3.C7H4Cl3NO.C7H5Cl2NO.C7H4Cl2O.C7H12O3/c1-7(2)13-11(14(18)19-3)12(17-20-13)10-8(15)5-4-6-9(10)16;1-6(2)12-10(13(17)18)11(16-19-12)9-7(14)4-3-5-8(9)15;8-4-2-1-3-5(9)6(4)7(10)11-12;8-6-2-1-3-7(9)5(6)4-10-11;8-6-2-1-3-7(9)5(6)4-10;1-5(2)6(8)4-7(9)10-3/h4-7H,1-3H3;3-6H,1-2H3,(H,17,18);1-3,12H;1-4,11H;1-4H;5H,4H2,1-3H3/b;;11-7-;10-4+;;. The zero-order valence-electron chi connectivity index (χ0n) is 44.2. The van der Waals surface area contributed by atoms with Gasteiger partial charge in [0.25, 0.3) is 0 Å². The van der Waals surface area contributed by atoms with Gasteiger partial charge in [-0.05, 0) is 60.7 Å². The zero-order valence-corrected chi connectivity index (χ0v) is 52.5. The summed E-state index contributed by atoms with van der Waals surface area (Å²) < 4.78 is 19.5. The van der Waals surface area contributed by atoms with Gasteiger partial charge in [0.15, 0.2) is 23.0 Å². The number of carboxylic acids is 1. The Labute approximate surface area is 526 Å². The van der Waals surface area contributed by atoms with E-state index in [1.807, 2.05) is 27.7 Å². The summed E-state index contributed by atoms with van der Waals surface area (Å²) in [6.45, 7) is 10.9. The Morgan fingerprint density at radius 1 is 0.549 bits per heavy atom. The van der Waals surface area contributed by atoms with Gasteiger partial charge in [0.05, 0.1) is 81.8 Å². The maximum atomic E-state index is 12.0. The Morgan fingerprint density at radius 3 is 1.21 bits per heavy atom. The van der Waals surface area contributed by atoms with Gasteiger partial charge in [-0.3, -0.25) is 14.4 Å². The van der Waals surface area contributed by atoms with E-state index < -0.39 is 17.9 Å². The number of carbonyl (C=O) groups excluding carboxylic acids is 4. The van der Waals surface area contributed by atoms with Crippen LogP contribution in [-0.4, -0.2) is 81.4 Å². The quantitative estimate of drug-likeness (QED) is 0.0257. The largest absolute Gasteiger partial charge is 0.477 e. The molecule has 438 valence electrons. The number of hydrogen-bond donors (Lipinski definition) is 3. The lowest BCUT2D eigenvalue weighted by Gasteiger charge is -2.07. The normalized spacial score (nSPS) is 10.7. The molecule has 5 aromatic carbocycles. The number of nitrogens with zero attached hydrogens (tertiary/aromatic N) is 4. The first-order chi connectivity index (χ1) is 38.6. The van der Waals surface area contributed by atoms with Gasteiger partial charge in [0.2, 0.25) is 0 Å². The number of Topliss-reactive ketones (excluding diaryl/α,β-unsaturated/α-hetero) is 1. The third kappa shape index (κ3) is 21.2. The monoisotopic (exact) mass is 1340 g/mol. The van der Waals surface area contributed by atoms with Crippen LogP contribution in [0.1, 0.15) is 114 Å². The van der Waals surface area contributed by atoms with E-state index in [9.17, 15) is 29.1 Å². The number of oxime groups is 2. The van der Waals surface area contributed by atoms with E-state index in [2.05, 4.69) is 25.4 Å². The third-order valence-corrected chi connectivity index (χ3v) is 13.7. The highest BCUT2D eigenvalue weighted by atomic mass is 35.5. The lowest BCUT2D eigenvalue weighted by atomic mass is 10.0. The number of aldehydes is 1. The minimum absolute atomic E-state index is 0.00463. The van der Waals surface area contributed by atoms with Gasteiger partial charge in [-0.25, -0.2) is 9.59 Å². The number of carboxylic acid groups (broad SMARTS) is 1. The fraction of sp³-hybridized carbons (Fsp3) is 0.218. The molecule has 0 saturated heterocycles. The number of esters is 2. The van der Waals surface area contributed by atoms with Gasteiger partial charge in [0, 0.05) is 34.4 Å². The molecular formula is C55H49Cl11N4O12. The van der Waals surface area contributed by atoms with Crippen LogP contribution >= 0.6 is 128 Å². The average molecular weight is 1350 g/mol. The van der Waals surface area contributed by atoms with E-state index in [0.29, 0.717) is 102 Å². The van der Waals surface area contributed by atoms with Crippen molar-refractivity contribution in [3.63, 3.8) is 0 Å². The van der Waals surface area contributed by atoms with E-state index in [1.54, 1.807) is 105 Å². The number of rotatable bonds is 12. The second-order valence-electron chi connectivity index (χ2n) is 16.8. The maximum absolute atomic E-state index is 12.0. The van der Waals surface area contributed by atoms with Crippen LogP contribution in [0.5, 0.6) is 0 Å². The number of hydrogen-bond acceptors (Lipinski definition) is 15. The molecule has 0 unspecified atom stereocenters. The summed E-state index contributed by atoms with van der Waals surface area (Å²) in [4.78, 5) is 55.0. The minimum atomic E-state index is -1.11. The van der Waals surface area contributed by atoms with E-state index in [1.165, 1.54) is 20.4 Å². The fourth-order valence-corrected chi connectivity index (χ4v) is 9.18. The second kappa shape index (κ2) is 36.2. The first-order valence-corrected chi connectivity index (χ1v) is 27.4. The predicted octanol–water partition coefficient (Wildman–Crippen LogP) is 18.8. The number of ether oxygens (including phenoxy) is 2. The number of carbonyl (C=O) groups is 5. The van der Waals surface area contributed by atoms with Gasteiger partial charge >= 0.3 is 17.9 Å². The van der Waals surface area contributed by atoms with Crippen LogP contribution < -0.4 is 0 Å². The smallest absolute Gasteiger partial charge is 0.343 e. The number of ketones is 1. The van der Waals surface area contributed by atoms with Crippen molar-refractivity contribution in [2.75, 3.05) is 14.2 Å². The lowest BCUT2D eigenvalue weighted by Crippen LogP contribution is -2.13. The molecule has 0 atom stereocenters. The highest BCUT2D eigenvalue weighted by Crippen LogP contribution is 2.40. The summed E-state index contributed by atoms with van der Waals surface area (Å²) in [6.07, 6.45) is 1.74. The molecule has 2 aromatic heterocycles. The van der Waals surface area contributed by atoms with Gasteiger partial charge in [-0.1, -0.05) is 220 Å². The van der Waals surface area contributed by atoms with E-state index in [4.69, 9.17) is 152 Å². The van der Waals surface area contributed by atoms with Gasteiger partial charge in [0.1, 0.15) is 34.7 Å².